The Labute approximate surface area is 132 Å². The van der Waals surface area contributed by atoms with Crippen molar-refractivity contribution in [3.05, 3.63) is 35.4 Å². The first kappa shape index (κ1) is 18.1. The van der Waals surface area contributed by atoms with Crippen LogP contribution in [0.5, 0.6) is 0 Å². The van der Waals surface area contributed by atoms with Crippen LogP contribution in [0.2, 0.25) is 0 Å². The molecule has 0 heterocycles. The Morgan fingerprint density at radius 1 is 1.38 bits per heavy atom. The molecule has 4 heteroatoms. The van der Waals surface area contributed by atoms with Gasteiger partial charge in [0.05, 0.1) is 5.60 Å². The Morgan fingerprint density at radius 3 is 2.52 bits per heavy atom. The maximum atomic E-state index is 12.1. The van der Waals surface area contributed by atoms with E-state index in [9.17, 15) is 9.90 Å². The van der Waals surface area contributed by atoms with Crippen LogP contribution in [0, 0.1) is 6.92 Å². The van der Waals surface area contributed by atoms with Gasteiger partial charge < -0.3 is 10.4 Å². The van der Waals surface area contributed by atoms with Crippen molar-refractivity contribution in [2.24, 2.45) is 0 Å². The fourth-order valence-corrected chi connectivity index (χ4v) is 3.01. The first-order valence-electron chi connectivity index (χ1n) is 7.42. The number of benzene rings is 1. The predicted molar refractivity (Wildman–Crippen MR) is 90.8 cm³/mol. The lowest BCUT2D eigenvalue weighted by molar-refractivity contribution is -0.122. The first-order chi connectivity index (χ1) is 9.88. The van der Waals surface area contributed by atoms with Crippen LogP contribution in [0.15, 0.2) is 24.3 Å². The molecule has 2 N–H and O–H groups in total. The number of amides is 1. The Hall–Kier alpha value is -1.00. The molecule has 0 bridgehead atoms. The van der Waals surface area contributed by atoms with Gasteiger partial charge in [-0.15, -0.1) is 0 Å². The molecule has 3 nitrogen and oxygen atoms in total. The van der Waals surface area contributed by atoms with E-state index in [-0.39, 0.29) is 11.8 Å². The molecule has 1 rings (SSSR count). The van der Waals surface area contributed by atoms with E-state index in [0.29, 0.717) is 18.7 Å². The topological polar surface area (TPSA) is 49.3 Å². The minimum absolute atomic E-state index is 0.00352. The van der Waals surface area contributed by atoms with E-state index >= 15 is 0 Å². The number of hydrogen-bond acceptors (Lipinski definition) is 3. The molecule has 2 unspecified atom stereocenters. The van der Waals surface area contributed by atoms with Gasteiger partial charge >= 0.3 is 0 Å². The van der Waals surface area contributed by atoms with Crippen molar-refractivity contribution in [2.75, 3.05) is 18.6 Å². The van der Waals surface area contributed by atoms with E-state index < -0.39 is 5.60 Å². The quantitative estimate of drug-likeness (QED) is 0.776. The molecular formula is C17H27NO2S. The highest BCUT2D eigenvalue weighted by Crippen LogP contribution is 2.23. The van der Waals surface area contributed by atoms with Gasteiger partial charge in [-0.3, -0.25) is 4.79 Å². The van der Waals surface area contributed by atoms with Crippen LogP contribution in [0.25, 0.3) is 0 Å². The number of carbonyl (C=O) groups excluding carboxylic acids is 1. The minimum Gasteiger partial charge on any atom is -0.387 e. The van der Waals surface area contributed by atoms with Gasteiger partial charge in [0.2, 0.25) is 5.91 Å². The number of aliphatic hydroxyl groups is 1. The van der Waals surface area contributed by atoms with Crippen molar-refractivity contribution < 1.29 is 9.90 Å². The first-order valence-corrected chi connectivity index (χ1v) is 8.82. The lowest BCUT2D eigenvalue weighted by atomic mass is 9.92. The second kappa shape index (κ2) is 8.44. The zero-order chi connectivity index (χ0) is 15.9. The van der Waals surface area contributed by atoms with Crippen molar-refractivity contribution in [2.45, 2.75) is 45.1 Å². The smallest absolute Gasteiger partial charge is 0.220 e. The molecule has 1 aromatic rings. The highest BCUT2D eigenvalue weighted by molar-refractivity contribution is 7.98. The summed E-state index contributed by atoms with van der Waals surface area (Å²) in [4.78, 5) is 12.1. The van der Waals surface area contributed by atoms with Crippen molar-refractivity contribution in [3.63, 3.8) is 0 Å². The Kier molecular flexibility index (Phi) is 7.26. The summed E-state index contributed by atoms with van der Waals surface area (Å²) in [5.74, 6) is 0.850. The van der Waals surface area contributed by atoms with Crippen LogP contribution in [0.4, 0.5) is 0 Å². The van der Waals surface area contributed by atoms with E-state index in [0.717, 1.165) is 6.42 Å². The van der Waals surface area contributed by atoms with E-state index in [1.165, 1.54) is 11.1 Å². The number of aryl methyl sites for hydroxylation is 1. The number of nitrogens with one attached hydrogen (secondary N) is 1. The van der Waals surface area contributed by atoms with Crippen LogP contribution in [0.3, 0.4) is 0 Å². The van der Waals surface area contributed by atoms with E-state index in [4.69, 9.17) is 0 Å². The maximum Gasteiger partial charge on any atom is 0.220 e. The molecule has 0 saturated carbocycles. The Morgan fingerprint density at radius 2 is 2.00 bits per heavy atom. The van der Waals surface area contributed by atoms with Crippen molar-refractivity contribution in [1.82, 2.24) is 5.32 Å². The monoisotopic (exact) mass is 309 g/mol. The SMILES string of the molecule is CCC(CC(=O)NCC(C)(O)CSC)c1ccc(C)cc1. The van der Waals surface area contributed by atoms with E-state index in [2.05, 4.69) is 43.4 Å². The molecule has 1 amide bonds. The summed E-state index contributed by atoms with van der Waals surface area (Å²) in [6, 6.07) is 8.36. The molecule has 118 valence electrons. The third-order valence-electron chi connectivity index (χ3n) is 3.60. The van der Waals surface area contributed by atoms with Gasteiger partial charge in [-0.2, -0.15) is 11.8 Å². The van der Waals surface area contributed by atoms with Gasteiger partial charge in [0, 0.05) is 18.7 Å². The highest BCUT2D eigenvalue weighted by atomic mass is 32.2. The van der Waals surface area contributed by atoms with Crippen LogP contribution in [-0.4, -0.2) is 35.2 Å². The van der Waals surface area contributed by atoms with Gasteiger partial charge in [0.25, 0.3) is 0 Å². The second-order valence-corrected chi connectivity index (χ2v) is 6.79. The fraction of sp³-hybridized carbons (Fsp3) is 0.588. The van der Waals surface area contributed by atoms with Crippen molar-refractivity contribution in [3.8, 4) is 0 Å². The average molecular weight is 309 g/mol. The highest BCUT2D eigenvalue weighted by Gasteiger charge is 2.21. The van der Waals surface area contributed by atoms with Crippen LogP contribution >= 0.6 is 11.8 Å². The van der Waals surface area contributed by atoms with Crippen LogP contribution < -0.4 is 5.32 Å². The van der Waals surface area contributed by atoms with Crippen LogP contribution in [-0.2, 0) is 4.79 Å². The summed E-state index contributed by atoms with van der Waals surface area (Å²) in [7, 11) is 0. The second-order valence-electron chi connectivity index (χ2n) is 5.93. The number of carbonyl (C=O) groups is 1. The zero-order valence-electron chi connectivity index (χ0n) is 13.5. The van der Waals surface area contributed by atoms with E-state index in [1.807, 2.05) is 6.26 Å². The molecule has 0 aromatic heterocycles. The summed E-state index contributed by atoms with van der Waals surface area (Å²) in [6.45, 7) is 6.21. The molecule has 0 fully saturated rings. The third-order valence-corrected chi connectivity index (χ3v) is 4.51. The lowest BCUT2D eigenvalue weighted by Gasteiger charge is -2.23. The van der Waals surface area contributed by atoms with Gasteiger partial charge in [0.15, 0.2) is 0 Å². The predicted octanol–water partition coefficient (Wildman–Crippen LogP) is 3.11. The van der Waals surface area contributed by atoms with Crippen molar-refractivity contribution >= 4 is 17.7 Å². The molecule has 21 heavy (non-hydrogen) atoms. The van der Waals surface area contributed by atoms with Crippen molar-refractivity contribution in [1.29, 1.82) is 0 Å². The van der Waals surface area contributed by atoms with Gasteiger partial charge in [0.1, 0.15) is 0 Å². The average Bonchev–Trinajstić information content (AvgIpc) is 2.44. The summed E-state index contributed by atoms with van der Waals surface area (Å²) in [6.07, 6.45) is 3.34. The lowest BCUT2D eigenvalue weighted by Crippen LogP contribution is -2.42. The minimum atomic E-state index is -0.847. The Balaban J connectivity index is 2.53. The fourth-order valence-electron chi connectivity index (χ4n) is 2.28. The van der Waals surface area contributed by atoms with Crippen LogP contribution in [0.1, 0.15) is 43.7 Å². The number of thioether (sulfide) groups is 1. The van der Waals surface area contributed by atoms with Gasteiger partial charge in [-0.25, -0.2) is 0 Å². The molecule has 2 atom stereocenters. The molecule has 0 radical (unpaired) electrons. The largest absolute Gasteiger partial charge is 0.387 e. The molecule has 0 aliphatic heterocycles. The maximum absolute atomic E-state index is 12.1. The molecular weight excluding hydrogens is 282 g/mol. The summed E-state index contributed by atoms with van der Waals surface area (Å²) in [5.41, 5.74) is 1.58. The molecule has 1 aromatic carbocycles. The molecule has 0 aliphatic carbocycles. The van der Waals surface area contributed by atoms with E-state index in [1.54, 1.807) is 18.7 Å². The molecule has 0 saturated heterocycles. The Bertz CT molecular complexity index is 443. The third kappa shape index (κ3) is 6.53. The summed E-state index contributed by atoms with van der Waals surface area (Å²) < 4.78 is 0. The van der Waals surface area contributed by atoms with Gasteiger partial charge in [-0.1, -0.05) is 36.8 Å². The normalized spacial score (nSPS) is 15.3. The van der Waals surface area contributed by atoms with Gasteiger partial charge in [-0.05, 0) is 38.0 Å². The number of hydrogen-bond donors (Lipinski definition) is 2. The number of rotatable bonds is 8. The summed E-state index contributed by atoms with van der Waals surface area (Å²) >= 11 is 1.58. The zero-order valence-corrected chi connectivity index (χ0v) is 14.3. The molecule has 0 spiro atoms. The summed E-state index contributed by atoms with van der Waals surface area (Å²) in [5, 5.41) is 12.9. The molecule has 0 aliphatic rings. The standard InChI is InChI=1S/C17H27NO2S/c1-5-14(15-8-6-13(2)7-9-15)10-16(19)18-11-17(3,20)12-21-4/h6-9,14,20H,5,10-12H2,1-4H3,(H,18,19).